The molecule has 0 fully saturated rings. The first kappa shape index (κ1) is 18.9. The SMILES string of the molecule is CCCCC(CC)(CCCOCC)CNCCOC. The van der Waals surface area contributed by atoms with Gasteiger partial charge in [-0.1, -0.05) is 26.7 Å². The van der Waals surface area contributed by atoms with Crippen LogP contribution < -0.4 is 5.32 Å². The second-order valence-corrected chi connectivity index (χ2v) is 5.43. The van der Waals surface area contributed by atoms with Crippen molar-refractivity contribution in [3.05, 3.63) is 0 Å². The summed E-state index contributed by atoms with van der Waals surface area (Å²) in [5.41, 5.74) is 0.445. The highest BCUT2D eigenvalue weighted by atomic mass is 16.5. The molecular formula is C16H35NO2. The van der Waals surface area contributed by atoms with Crippen molar-refractivity contribution in [2.24, 2.45) is 5.41 Å². The molecule has 0 bridgehead atoms. The lowest BCUT2D eigenvalue weighted by atomic mass is 9.76. The van der Waals surface area contributed by atoms with Crippen LogP contribution in [0.2, 0.25) is 0 Å². The van der Waals surface area contributed by atoms with Gasteiger partial charge in [0.15, 0.2) is 0 Å². The quantitative estimate of drug-likeness (QED) is 0.490. The fraction of sp³-hybridized carbons (Fsp3) is 1.00. The van der Waals surface area contributed by atoms with Crippen molar-refractivity contribution < 1.29 is 9.47 Å². The van der Waals surface area contributed by atoms with Crippen LogP contribution in [0.5, 0.6) is 0 Å². The Kier molecular flexibility index (Phi) is 12.8. The minimum Gasteiger partial charge on any atom is -0.383 e. The van der Waals surface area contributed by atoms with E-state index < -0.39 is 0 Å². The zero-order valence-corrected chi connectivity index (χ0v) is 13.6. The van der Waals surface area contributed by atoms with E-state index in [2.05, 4.69) is 26.1 Å². The van der Waals surface area contributed by atoms with Gasteiger partial charge in [-0.2, -0.15) is 0 Å². The Morgan fingerprint density at radius 2 is 1.74 bits per heavy atom. The minimum atomic E-state index is 0.445. The van der Waals surface area contributed by atoms with E-state index in [0.717, 1.165) is 32.9 Å². The smallest absolute Gasteiger partial charge is 0.0587 e. The van der Waals surface area contributed by atoms with Crippen LogP contribution in [0.15, 0.2) is 0 Å². The summed E-state index contributed by atoms with van der Waals surface area (Å²) in [5.74, 6) is 0. The number of ether oxygens (including phenoxy) is 2. The second kappa shape index (κ2) is 12.9. The van der Waals surface area contributed by atoms with Gasteiger partial charge in [-0.05, 0) is 38.0 Å². The van der Waals surface area contributed by atoms with E-state index in [4.69, 9.17) is 9.47 Å². The lowest BCUT2D eigenvalue weighted by Gasteiger charge is -2.33. The molecule has 3 nitrogen and oxygen atoms in total. The molecule has 0 aliphatic heterocycles. The van der Waals surface area contributed by atoms with Gasteiger partial charge in [0.05, 0.1) is 6.61 Å². The van der Waals surface area contributed by atoms with Gasteiger partial charge in [0.25, 0.3) is 0 Å². The molecule has 0 radical (unpaired) electrons. The van der Waals surface area contributed by atoms with Gasteiger partial charge in [-0.25, -0.2) is 0 Å². The highest BCUT2D eigenvalue weighted by Gasteiger charge is 2.26. The Bertz CT molecular complexity index is 174. The summed E-state index contributed by atoms with van der Waals surface area (Å²) in [6, 6.07) is 0. The third kappa shape index (κ3) is 9.42. The highest BCUT2D eigenvalue weighted by Crippen LogP contribution is 2.33. The van der Waals surface area contributed by atoms with Crippen LogP contribution in [0.3, 0.4) is 0 Å². The van der Waals surface area contributed by atoms with E-state index in [1.54, 1.807) is 7.11 Å². The van der Waals surface area contributed by atoms with Crippen molar-refractivity contribution in [1.29, 1.82) is 0 Å². The molecule has 116 valence electrons. The average Bonchev–Trinajstić information content (AvgIpc) is 2.45. The number of nitrogens with one attached hydrogen (secondary N) is 1. The highest BCUT2D eigenvalue weighted by molar-refractivity contribution is 4.80. The average molecular weight is 273 g/mol. The maximum absolute atomic E-state index is 5.48. The Labute approximate surface area is 120 Å². The van der Waals surface area contributed by atoms with Gasteiger partial charge >= 0.3 is 0 Å². The zero-order chi connectivity index (χ0) is 14.4. The molecule has 1 unspecified atom stereocenters. The van der Waals surface area contributed by atoms with E-state index in [-0.39, 0.29) is 0 Å². The van der Waals surface area contributed by atoms with Crippen molar-refractivity contribution in [2.75, 3.05) is 40.0 Å². The zero-order valence-electron chi connectivity index (χ0n) is 13.6. The molecule has 0 spiro atoms. The third-order valence-electron chi connectivity index (χ3n) is 3.99. The lowest BCUT2D eigenvalue weighted by Crippen LogP contribution is -2.36. The molecule has 0 aromatic carbocycles. The van der Waals surface area contributed by atoms with Gasteiger partial charge in [0, 0.05) is 33.4 Å². The molecular weight excluding hydrogens is 238 g/mol. The van der Waals surface area contributed by atoms with Crippen LogP contribution in [0, 0.1) is 5.41 Å². The van der Waals surface area contributed by atoms with Crippen LogP contribution >= 0.6 is 0 Å². The molecule has 0 aliphatic rings. The molecule has 1 atom stereocenters. The summed E-state index contributed by atoms with van der Waals surface area (Å²) in [6.45, 7) is 11.3. The first-order valence-corrected chi connectivity index (χ1v) is 8.02. The van der Waals surface area contributed by atoms with Gasteiger partial charge in [-0.15, -0.1) is 0 Å². The molecule has 0 heterocycles. The van der Waals surface area contributed by atoms with E-state index in [1.165, 1.54) is 38.5 Å². The molecule has 1 N–H and O–H groups in total. The number of unbranched alkanes of at least 4 members (excludes halogenated alkanes) is 1. The predicted molar refractivity (Wildman–Crippen MR) is 82.7 cm³/mol. The molecule has 0 amide bonds. The third-order valence-corrected chi connectivity index (χ3v) is 3.99. The summed E-state index contributed by atoms with van der Waals surface area (Å²) < 4.78 is 10.6. The topological polar surface area (TPSA) is 30.5 Å². The molecule has 3 heteroatoms. The van der Waals surface area contributed by atoms with Crippen LogP contribution in [-0.2, 0) is 9.47 Å². The Balaban J connectivity index is 4.15. The van der Waals surface area contributed by atoms with E-state index in [0.29, 0.717) is 5.41 Å². The first-order valence-electron chi connectivity index (χ1n) is 8.02. The van der Waals surface area contributed by atoms with Crippen molar-refractivity contribution in [1.82, 2.24) is 5.32 Å². The summed E-state index contributed by atoms with van der Waals surface area (Å²) in [4.78, 5) is 0. The van der Waals surface area contributed by atoms with E-state index in [1.807, 2.05) is 0 Å². The fourth-order valence-electron chi connectivity index (χ4n) is 2.55. The second-order valence-electron chi connectivity index (χ2n) is 5.43. The minimum absolute atomic E-state index is 0.445. The Morgan fingerprint density at radius 1 is 1.00 bits per heavy atom. The fourth-order valence-corrected chi connectivity index (χ4v) is 2.55. The molecule has 0 saturated heterocycles. The molecule has 0 rings (SSSR count). The predicted octanol–water partition coefficient (Wildman–Crippen LogP) is 3.63. The maximum Gasteiger partial charge on any atom is 0.0587 e. The summed E-state index contributed by atoms with van der Waals surface area (Å²) in [6.07, 6.45) is 7.63. The Hall–Kier alpha value is -0.120. The van der Waals surface area contributed by atoms with Crippen molar-refractivity contribution in [3.63, 3.8) is 0 Å². The summed E-state index contributed by atoms with van der Waals surface area (Å²) >= 11 is 0. The normalized spacial score (nSPS) is 14.5. The maximum atomic E-state index is 5.48. The number of hydrogen-bond donors (Lipinski definition) is 1. The van der Waals surface area contributed by atoms with Crippen molar-refractivity contribution in [3.8, 4) is 0 Å². The number of methoxy groups -OCH3 is 1. The molecule has 0 saturated carbocycles. The van der Waals surface area contributed by atoms with Crippen LogP contribution in [-0.4, -0.2) is 40.0 Å². The van der Waals surface area contributed by atoms with Gasteiger partial charge in [0.2, 0.25) is 0 Å². The largest absolute Gasteiger partial charge is 0.383 e. The van der Waals surface area contributed by atoms with Gasteiger partial charge in [0.1, 0.15) is 0 Å². The molecule has 0 aromatic heterocycles. The Morgan fingerprint density at radius 3 is 2.32 bits per heavy atom. The number of rotatable bonds is 14. The molecule has 0 aliphatic carbocycles. The standard InChI is InChI=1S/C16H35NO2/c1-5-8-10-16(6-2,11-9-13-19-7-3)15-17-12-14-18-4/h17H,5-15H2,1-4H3. The molecule has 0 aromatic rings. The first-order chi connectivity index (χ1) is 9.24. The van der Waals surface area contributed by atoms with Gasteiger partial charge in [-0.3, -0.25) is 0 Å². The lowest BCUT2D eigenvalue weighted by molar-refractivity contribution is 0.118. The summed E-state index contributed by atoms with van der Waals surface area (Å²) in [5, 5.41) is 3.56. The van der Waals surface area contributed by atoms with Crippen molar-refractivity contribution in [2.45, 2.75) is 59.3 Å². The number of hydrogen-bond acceptors (Lipinski definition) is 3. The monoisotopic (exact) mass is 273 g/mol. The summed E-state index contributed by atoms with van der Waals surface area (Å²) in [7, 11) is 1.76. The van der Waals surface area contributed by atoms with Crippen LogP contribution in [0.1, 0.15) is 59.3 Å². The van der Waals surface area contributed by atoms with E-state index in [9.17, 15) is 0 Å². The van der Waals surface area contributed by atoms with Crippen LogP contribution in [0.4, 0.5) is 0 Å². The van der Waals surface area contributed by atoms with E-state index >= 15 is 0 Å². The van der Waals surface area contributed by atoms with Crippen LogP contribution in [0.25, 0.3) is 0 Å². The van der Waals surface area contributed by atoms with Crippen molar-refractivity contribution >= 4 is 0 Å². The molecule has 19 heavy (non-hydrogen) atoms. The van der Waals surface area contributed by atoms with Gasteiger partial charge < -0.3 is 14.8 Å².